The van der Waals surface area contributed by atoms with Gasteiger partial charge >= 0.3 is 0 Å². The molecule has 1 amide bonds. The molecule has 0 radical (unpaired) electrons. The number of benzene rings is 3. The van der Waals surface area contributed by atoms with Crippen molar-refractivity contribution in [2.75, 3.05) is 13.2 Å². The van der Waals surface area contributed by atoms with Gasteiger partial charge < -0.3 is 10.1 Å². The summed E-state index contributed by atoms with van der Waals surface area (Å²) >= 11 is 5.88. The number of rotatable bonds is 10. The molecular weight excluding hydrogens is 448 g/mol. The Morgan fingerprint density at radius 1 is 0.969 bits per heavy atom. The van der Waals surface area contributed by atoms with E-state index in [4.69, 9.17) is 16.3 Å². The van der Waals surface area contributed by atoms with Crippen LogP contribution >= 0.6 is 11.6 Å². The number of sulfonamides is 1. The predicted octanol–water partition coefficient (Wildman–Crippen LogP) is 4.12. The molecule has 0 saturated carbocycles. The number of amides is 1. The molecule has 2 N–H and O–H groups in total. The Morgan fingerprint density at radius 2 is 1.62 bits per heavy atom. The molecule has 0 heterocycles. The number of hydrogen-bond acceptors (Lipinski definition) is 4. The molecule has 1 atom stereocenters. The summed E-state index contributed by atoms with van der Waals surface area (Å²) in [7, 11) is -3.62. The molecule has 0 saturated heterocycles. The van der Waals surface area contributed by atoms with E-state index in [1.54, 1.807) is 12.1 Å². The van der Waals surface area contributed by atoms with Crippen LogP contribution in [0.1, 0.15) is 24.1 Å². The molecule has 8 heteroatoms. The molecule has 0 aliphatic carbocycles. The van der Waals surface area contributed by atoms with E-state index < -0.39 is 10.0 Å². The fourth-order valence-corrected chi connectivity index (χ4v) is 4.20. The highest BCUT2D eigenvalue weighted by Gasteiger charge is 2.14. The lowest BCUT2D eigenvalue weighted by Gasteiger charge is -2.15. The van der Waals surface area contributed by atoms with Gasteiger partial charge in [0.25, 0.3) is 5.91 Å². The van der Waals surface area contributed by atoms with Crippen molar-refractivity contribution in [1.82, 2.24) is 10.0 Å². The fraction of sp³-hybridized carbons (Fsp3) is 0.208. The Hall–Kier alpha value is -2.87. The largest absolute Gasteiger partial charge is 0.484 e. The summed E-state index contributed by atoms with van der Waals surface area (Å²) in [5.41, 5.74) is 1.99. The van der Waals surface area contributed by atoms with Gasteiger partial charge in [0, 0.05) is 11.6 Å². The van der Waals surface area contributed by atoms with E-state index in [1.807, 2.05) is 49.4 Å². The van der Waals surface area contributed by atoms with E-state index in [-0.39, 0.29) is 23.5 Å². The number of carbonyl (C=O) groups excluding carboxylic acids is 1. The summed E-state index contributed by atoms with van der Waals surface area (Å²) in [4.78, 5) is 12.3. The summed E-state index contributed by atoms with van der Waals surface area (Å²) in [6.45, 7) is 1.99. The van der Waals surface area contributed by atoms with Gasteiger partial charge in [-0.3, -0.25) is 4.79 Å². The molecule has 3 aromatic rings. The summed E-state index contributed by atoms with van der Waals surface area (Å²) in [6, 6.07) is 22.7. The quantitative estimate of drug-likeness (QED) is 0.465. The summed E-state index contributed by atoms with van der Waals surface area (Å²) in [5.74, 6) is 0.120. The minimum atomic E-state index is -3.62. The van der Waals surface area contributed by atoms with Crippen LogP contribution < -0.4 is 14.8 Å². The molecule has 0 bridgehead atoms. The van der Waals surface area contributed by atoms with Crippen LogP contribution in [0.25, 0.3) is 0 Å². The highest BCUT2D eigenvalue weighted by atomic mass is 35.5. The van der Waals surface area contributed by atoms with Crippen molar-refractivity contribution in [1.29, 1.82) is 0 Å². The van der Waals surface area contributed by atoms with Crippen molar-refractivity contribution in [2.45, 2.75) is 24.3 Å². The van der Waals surface area contributed by atoms with Gasteiger partial charge in [-0.15, -0.1) is 0 Å². The van der Waals surface area contributed by atoms with E-state index in [2.05, 4.69) is 10.0 Å². The molecule has 0 aliphatic rings. The van der Waals surface area contributed by atoms with Gasteiger partial charge in [0.1, 0.15) is 5.75 Å². The third-order valence-electron chi connectivity index (χ3n) is 4.80. The number of carbonyl (C=O) groups is 1. The van der Waals surface area contributed by atoms with Crippen LogP contribution in [0, 0.1) is 0 Å². The minimum Gasteiger partial charge on any atom is -0.484 e. The zero-order valence-electron chi connectivity index (χ0n) is 17.6. The van der Waals surface area contributed by atoms with Crippen molar-refractivity contribution in [3.05, 3.63) is 95.0 Å². The molecule has 32 heavy (non-hydrogen) atoms. The molecule has 0 aromatic heterocycles. The first-order valence-corrected chi connectivity index (χ1v) is 12.0. The Bertz CT molecular complexity index is 1120. The second-order valence-electron chi connectivity index (χ2n) is 7.23. The molecule has 0 spiro atoms. The first kappa shape index (κ1) is 23.8. The highest BCUT2D eigenvalue weighted by Crippen LogP contribution is 2.17. The Kier molecular flexibility index (Phi) is 8.27. The van der Waals surface area contributed by atoms with E-state index >= 15 is 0 Å². The zero-order chi connectivity index (χ0) is 23.0. The zero-order valence-corrected chi connectivity index (χ0v) is 19.2. The Labute approximate surface area is 193 Å². The molecule has 0 fully saturated rings. The molecule has 1 unspecified atom stereocenters. The van der Waals surface area contributed by atoms with Crippen LogP contribution in [-0.4, -0.2) is 27.5 Å². The van der Waals surface area contributed by atoms with Crippen molar-refractivity contribution in [3.8, 4) is 5.75 Å². The Balaban J connectivity index is 1.47. The maximum absolute atomic E-state index is 12.5. The molecule has 3 rings (SSSR count). The van der Waals surface area contributed by atoms with Crippen LogP contribution in [0.4, 0.5) is 0 Å². The fourth-order valence-electron chi connectivity index (χ4n) is 3.04. The number of hydrogen-bond donors (Lipinski definition) is 2. The SMILES string of the molecule is CC(NC(=O)COc1ccc(S(=O)(=O)NCCc2ccccc2)cc1)c1ccc(Cl)cc1. The van der Waals surface area contributed by atoms with Crippen LogP contribution in [0.3, 0.4) is 0 Å². The van der Waals surface area contributed by atoms with Crippen LogP contribution in [0.5, 0.6) is 5.75 Å². The second-order valence-corrected chi connectivity index (χ2v) is 9.44. The smallest absolute Gasteiger partial charge is 0.258 e. The lowest BCUT2D eigenvalue weighted by atomic mass is 10.1. The average Bonchev–Trinajstić information content (AvgIpc) is 2.79. The lowest BCUT2D eigenvalue weighted by molar-refractivity contribution is -0.123. The third-order valence-corrected chi connectivity index (χ3v) is 6.53. The molecule has 168 valence electrons. The standard InChI is InChI=1S/C24H25ClN2O4S/c1-18(20-7-9-21(25)10-8-20)27-24(28)17-31-22-11-13-23(14-12-22)32(29,30)26-16-15-19-5-3-2-4-6-19/h2-14,18,26H,15-17H2,1H3,(H,27,28). The van der Waals surface area contributed by atoms with Gasteiger partial charge in [-0.25, -0.2) is 13.1 Å². The molecule has 3 aromatic carbocycles. The summed E-state index contributed by atoms with van der Waals surface area (Å²) in [5, 5.41) is 3.48. The third kappa shape index (κ3) is 7.09. The van der Waals surface area contributed by atoms with Gasteiger partial charge in [-0.1, -0.05) is 54.1 Å². The number of ether oxygens (including phenoxy) is 1. The van der Waals surface area contributed by atoms with Gasteiger partial charge in [-0.05, 0) is 60.9 Å². The van der Waals surface area contributed by atoms with Crippen LogP contribution in [-0.2, 0) is 21.2 Å². The van der Waals surface area contributed by atoms with E-state index in [9.17, 15) is 13.2 Å². The van der Waals surface area contributed by atoms with Crippen molar-refractivity contribution >= 4 is 27.5 Å². The number of nitrogens with one attached hydrogen (secondary N) is 2. The maximum Gasteiger partial charge on any atom is 0.258 e. The van der Waals surface area contributed by atoms with E-state index in [0.717, 1.165) is 11.1 Å². The topological polar surface area (TPSA) is 84.5 Å². The first-order chi connectivity index (χ1) is 15.3. The normalized spacial score (nSPS) is 12.2. The second kappa shape index (κ2) is 11.1. The van der Waals surface area contributed by atoms with Gasteiger partial charge in [0.2, 0.25) is 10.0 Å². The predicted molar refractivity (Wildman–Crippen MR) is 125 cm³/mol. The average molecular weight is 473 g/mol. The van der Waals surface area contributed by atoms with Gasteiger partial charge in [0.05, 0.1) is 10.9 Å². The molecule has 6 nitrogen and oxygen atoms in total. The summed E-state index contributed by atoms with van der Waals surface area (Å²) in [6.07, 6.45) is 0.602. The first-order valence-electron chi connectivity index (χ1n) is 10.1. The van der Waals surface area contributed by atoms with E-state index in [1.165, 1.54) is 24.3 Å². The summed E-state index contributed by atoms with van der Waals surface area (Å²) < 4.78 is 33.0. The maximum atomic E-state index is 12.5. The van der Waals surface area contributed by atoms with Gasteiger partial charge in [0.15, 0.2) is 6.61 Å². The number of halogens is 1. The molecular formula is C24H25ClN2O4S. The van der Waals surface area contributed by atoms with Crippen LogP contribution in [0.15, 0.2) is 83.8 Å². The Morgan fingerprint density at radius 3 is 2.28 bits per heavy atom. The van der Waals surface area contributed by atoms with Crippen molar-refractivity contribution < 1.29 is 17.9 Å². The van der Waals surface area contributed by atoms with Crippen molar-refractivity contribution in [3.63, 3.8) is 0 Å². The molecule has 0 aliphatic heterocycles. The van der Waals surface area contributed by atoms with Crippen molar-refractivity contribution in [2.24, 2.45) is 0 Å². The monoisotopic (exact) mass is 472 g/mol. The highest BCUT2D eigenvalue weighted by molar-refractivity contribution is 7.89. The lowest BCUT2D eigenvalue weighted by Crippen LogP contribution is -2.31. The minimum absolute atomic E-state index is 0.138. The van der Waals surface area contributed by atoms with E-state index in [0.29, 0.717) is 23.7 Å². The van der Waals surface area contributed by atoms with Gasteiger partial charge in [-0.2, -0.15) is 0 Å². The van der Waals surface area contributed by atoms with Crippen LogP contribution in [0.2, 0.25) is 5.02 Å².